The molecule has 6 N–H and O–H groups in total. The molecule has 0 amide bonds. The van der Waals surface area contributed by atoms with Crippen molar-refractivity contribution in [3.63, 3.8) is 0 Å². The maximum Gasteiger partial charge on any atom is 0.132 e. The minimum absolute atomic E-state index is 0.380. The average Bonchev–Trinajstić information content (AvgIpc) is 2.38. The molecule has 108 valence electrons. The molecule has 5 atom stereocenters. The Bertz CT molecular complexity index is 231. The molecule has 1 rings (SSSR count). The number of nitrogens with two attached hydrogens (primary N) is 1. The molecule has 0 aromatic heterocycles. The summed E-state index contributed by atoms with van der Waals surface area (Å²) in [5, 5.41) is 38.0. The van der Waals surface area contributed by atoms with E-state index in [1.54, 1.807) is 0 Å². The molecule has 0 aliphatic carbocycles. The fourth-order valence-corrected chi connectivity index (χ4v) is 3.01. The van der Waals surface area contributed by atoms with Crippen molar-refractivity contribution in [2.45, 2.75) is 49.1 Å². The monoisotopic (exact) mass is 281 g/mol. The van der Waals surface area contributed by atoms with Gasteiger partial charge >= 0.3 is 0 Å². The van der Waals surface area contributed by atoms with Crippen molar-refractivity contribution in [1.29, 1.82) is 0 Å². The number of aliphatic hydroxyl groups excluding tert-OH is 4. The Hall–Kier alpha value is 0.110. The third-order valence-electron chi connectivity index (χ3n) is 2.98. The van der Waals surface area contributed by atoms with Crippen LogP contribution in [0, 0.1) is 0 Å². The largest absolute Gasteiger partial charge is 0.394 e. The topological polar surface area (TPSA) is 116 Å². The summed E-state index contributed by atoms with van der Waals surface area (Å²) in [4.78, 5) is 0. The van der Waals surface area contributed by atoms with Crippen molar-refractivity contribution in [2.24, 2.45) is 5.73 Å². The number of ether oxygens (including phenoxy) is 1. The first kappa shape index (κ1) is 16.2. The summed E-state index contributed by atoms with van der Waals surface area (Å²) in [5.41, 5.74) is 4.77. The van der Waals surface area contributed by atoms with Crippen LogP contribution in [0.15, 0.2) is 0 Å². The van der Waals surface area contributed by atoms with E-state index in [-0.39, 0.29) is 6.61 Å². The molecule has 0 spiro atoms. The lowest BCUT2D eigenvalue weighted by Gasteiger charge is -2.39. The van der Waals surface area contributed by atoms with Gasteiger partial charge in [0.2, 0.25) is 0 Å². The minimum atomic E-state index is -1.28. The molecule has 0 aromatic rings. The maximum absolute atomic E-state index is 9.77. The molecular weight excluding hydrogens is 258 g/mol. The zero-order valence-electron chi connectivity index (χ0n) is 10.3. The van der Waals surface area contributed by atoms with E-state index < -0.39 is 29.9 Å². The van der Waals surface area contributed by atoms with Gasteiger partial charge in [0.1, 0.15) is 29.9 Å². The molecule has 1 aliphatic rings. The average molecular weight is 281 g/mol. The number of thioether (sulfide) groups is 1. The van der Waals surface area contributed by atoms with Crippen LogP contribution in [0.4, 0.5) is 0 Å². The van der Waals surface area contributed by atoms with Crippen LogP contribution in [0.5, 0.6) is 0 Å². The van der Waals surface area contributed by atoms with Gasteiger partial charge in [0.25, 0.3) is 0 Å². The van der Waals surface area contributed by atoms with Crippen molar-refractivity contribution >= 4 is 11.8 Å². The summed E-state index contributed by atoms with van der Waals surface area (Å²) in [6.07, 6.45) is -1.57. The molecule has 0 unspecified atom stereocenters. The van der Waals surface area contributed by atoms with Crippen molar-refractivity contribution in [2.75, 3.05) is 18.9 Å². The van der Waals surface area contributed by atoms with E-state index >= 15 is 0 Å². The number of hydrogen-bond donors (Lipinski definition) is 5. The lowest BCUT2D eigenvalue weighted by atomic mass is 10.0. The summed E-state index contributed by atoms with van der Waals surface area (Å²) < 4.78 is 5.37. The van der Waals surface area contributed by atoms with Crippen LogP contribution in [0.2, 0.25) is 0 Å². The van der Waals surface area contributed by atoms with Crippen LogP contribution in [-0.2, 0) is 4.74 Å². The van der Waals surface area contributed by atoms with E-state index in [1.165, 1.54) is 11.8 Å². The standard InChI is InChI=1S/C11H23NO5S/c12-4-2-1-3-5-18-11-10(16)9(15)8(14)7(6-13)17-11/h7-11,13-16H,1-6,12H2/t7-,8-,9+,10+,11-/m1/s1. The summed E-state index contributed by atoms with van der Waals surface area (Å²) in [5.74, 6) is 0.780. The highest BCUT2D eigenvalue weighted by Crippen LogP contribution is 2.28. The first-order valence-corrected chi connectivity index (χ1v) is 7.29. The van der Waals surface area contributed by atoms with Gasteiger partial charge in [0.15, 0.2) is 0 Å². The van der Waals surface area contributed by atoms with E-state index in [9.17, 15) is 15.3 Å². The van der Waals surface area contributed by atoms with Crippen LogP contribution < -0.4 is 5.73 Å². The first-order chi connectivity index (χ1) is 8.61. The molecule has 18 heavy (non-hydrogen) atoms. The highest BCUT2D eigenvalue weighted by molar-refractivity contribution is 7.99. The second-order valence-corrected chi connectivity index (χ2v) is 5.62. The quantitative estimate of drug-likeness (QED) is 0.366. The highest BCUT2D eigenvalue weighted by atomic mass is 32.2. The Kier molecular flexibility index (Phi) is 7.47. The predicted molar refractivity (Wildman–Crippen MR) is 69.1 cm³/mol. The molecule has 0 radical (unpaired) electrons. The third kappa shape index (κ3) is 4.34. The number of unbranched alkanes of at least 4 members (excludes halogenated alkanes) is 2. The summed E-state index contributed by atoms with van der Waals surface area (Å²) >= 11 is 1.39. The summed E-state index contributed by atoms with van der Waals surface area (Å²) in [6, 6.07) is 0. The van der Waals surface area contributed by atoms with E-state index in [2.05, 4.69) is 0 Å². The van der Waals surface area contributed by atoms with E-state index in [1.807, 2.05) is 0 Å². The van der Waals surface area contributed by atoms with Crippen molar-refractivity contribution in [3.05, 3.63) is 0 Å². The summed E-state index contributed by atoms with van der Waals surface area (Å²) in [6.45, 7) is 0.292. The van der Waals surface area contributed by atoms with Crippen LogP contribution in [0.25, 0.3) is 0 Å². The van der Waals surface area contributed by atoms with Crippen LogP contribution in [0.3, 0.4) is 0 Å². The van der Waals surface area contributed by atoms with Gasteiger partial charge in [-0.1, -0.05) is 6.42 Å². The van der Waals surface area contributed by atoms with E-state index in [0.717, 1.165) is 25.0 Å². The third-order valence-corrected chi connectivity index (χ3v) is 4.22. The minimum Gasteiger partial charge on any atom is -0.394 e. The van der Waals surface area contributed by atoms with Gasteiger partial charge in [0.05, 0.1) is 6.61 Å². The van der Waals surface area contributed by atoms with Gasteiger partial charge in [-0.25, -0.2) is 0 Å². The highest BCUT2D eigenvalue weighted by Gasteiger charge is 2.43. The van der Waals surface area contributed by atoms with Gasteiger partial charge in [-0.05, 0) is 25.1 Å². The van der Waals surface area contributed by atoms with E-state index in [0.29, 0.717) is 6.54 Å². The molecule has 0 bridgehead atoms. The Morgan fingerprint density at radius 3 is 2.33 bits per heavy atom. The molecule has 0 saturated carbocycles. The molecule has 6 nitrogen and oxygen atoms in total. The SMILES string of the molecule is NCCCCCS[C@H]1O[C@H](CO)[C@@H](O)[C@H](O)[C@@H]1O. The Morgan fingerprint density at radius 1 is 1.00 bits per heavy atom. The number of rotatable bonds is 7. The lowest BCUT2D eigenvalue weighted by molar-refractivity contribution is -0.205. The van der Waals surface area contributed by atoms with Gasteiger partial charge in [-0.3, -0.25) is 0 Å². The predicted octanol–water partition coefficient (Wildman–Crippen LogP) is -1.35. The molecule has 1 fully saturated rings. The van der Waals surface area contributed by atoms with Crippen molar-refractivity contribution in [1.82, 2.24) is 0 Å². The number of aliphatic hydroxyl groups is 4. The fraction of sp³-hybridized carbons (Fsp3) is 1.00. The molecule has 1 saturated heterocycles. The zero-order valence-corrected chi connectivity index (χ0v) is 11.1. The number of hydrogen-bond acceptors (Lipinski definition) is 7. The zero-order chi connectivity index (χ0) is 13.5. The van der Waals surface area contributed by atoms with Gasteiger partial charge in [-0.2, -0.15) is 0 Å². The first-order valence-electron chi connectivity index (χ1n) is 6.24. The van der Waals surface area contributed by atoms with Crippen LogP contribution in [-0.4, -0.2) is 69.2 Å². The molecule has 7 heteroatoms. The maximum atomic E-state index is 9.77. The summed E-state index contributed by atoms with van der Waals surface area (Å²) in [7, 11) is 0. The smallest absolute Gasteiger partial charge is 0.132 e. The van der Waals surface area contributed by atoms with Crippen LogP contribution in [0.1, 0.15) is 19.3 Å². The molecule has 0 aromatic carbocycles. The molecular formula is C11H23NO5S. The lowest BCUT2D eigenvalue weighted by Crippen LogP contribution is -2.57. The normalized spacial score (nSPS) is 36.8. The van der Waals surface area contributed by atoms with Crippen molar-refractivity contribution < 1.29 is 25.2 Å². The van der Waals surface area contributed by atoms with Crippen LogP contribution >= 0.6 is 11.8 Å². The van der Waals surface area contributed by atoms with E-state index in [4.69, 9.17) is 15.6 Å². The molecule has 1 heterocycles. The Labute approximate surface area is 111 Å². The molecule has 1 aliphatic heterocycles. The van der Waals surface area contributed by atoms with Crippen molar-refractivity contribution in [3.8, 4) is 0 Å². The second-order valence-electron chi connectivity index (χ2n) is 4.42. The van der Waals surface area contributed by atoms with Gasteiger partial charge in [-0.15, -0.1) is 11.8 Å². The Balaban J connectivity index is 2.35. The van der Waals surface area contributed by atoms with Gasteiger partial charge < -0.3 is 30.9 Å². The second kappa shape index (κ2) is 8.31. The fourth-order valence-electron chi connectivity index (χ4n) is 1.83. The van der Waals surface area contributed by atoms with Gasteiger partial charge in [0, 0.05) is 0 Å². The Morgan fingerprint density at radius 2 is 1.72 bits per heavy atom.